The van der Waals surface area contributed by atoms with E-state index in [1.807, 2.05) is 24.3 Å². The van der Waals surface area contributed by atoms with Crippen molar-refractivity contribution in [1.82, 2.24) is 15.1 Å². The second-order valence-electron chi connectivity index (χ2n) is 7.59. The van der Waals surface area contributed by atoms with E-state index >= 15 is 0 Å². The van der Waals surface area contributed by atoms with E-state index in [0.29, 0.717) is 23.2 Å². The summed E-state index contributed by atoms with van der Waals surface area (Å²) in [6.45, 7) is 0.0947. The first-order valence-electron chi connectivity index (χ1n) is 9.75. The number of aromatic nitrogens is 2. The number of hydrogen-bond donors (Lipinski definition) is 2. The van der Waals surface area contributed by atoms with Crippen molar-refractivity contribution in [1.29, 1.82) is 0 Å². The van der Waals surface area contributed by atoms with Gasteiger partial charge >= 0.3 is 0 Å². The Labute approximate surface area is 173 Å². The topological polar surface area (TPSA) is 110 Å². The minimum Gasteiger partial charge on any atom is -0.383 e. The van der Waals surface area contributed by atoms with Gasteiger partial charge in [0.2, 0.25) is 0 Å². The quantitative estimate of drug-likeness (QED) is 0.500. The predicted octanol–water partition coefficient (Wildman–Crippen LogP) is 2.95. The van der Waals surface area contributed by atoms with Gasteiger partial charge in [-0.25, -0.2) is 0 Å². The van der Waals surface area contributed by atoms with Gasteiger partial charge in [-0.1, -0.05) is 24.3 Å². The first-order chi connectivity index (χ1) is 14.4. The molecule has 4 rings (SSSR count). The molecule has 0 fully saturated rings. The molecule has 1 amide bonds. The van der Waals surface area contributed by atoms with Gasteiger partial charge in [0.05, 0.1) is 17.0 Å². The maximum absolute atomic E-state index is 12.9. The second-order valence-corrected chi connectivity index (χ2v) is 7.59. The number of nitrogens with one attached hydrogen (secondary N) is 1. The first-order valence-corrected chi connectivity index (χ1v) is 9.75. The summed E-state index contributed by atoms with van der Waals surface area (Å²) in [6, 6.07) is 13.7. The molecular formula is C22H22N4O4. The Morgan fingerprint density at radius 3 is 2.73 bits per heavy atom. The molecule has 3 aromatic rings. The van der Waals surface area contributed by atoms with E-state index < -0.39 is 10.5 Å². The SMILES string of the molecule is Cn1cc(C(=O)NCC2(O)CCCc3ccccc32)c(-c2ccc([N+](=O)[O-])cc2)n1. The Bertz CT molecular complexity index is 1110. The largest absolute Gasteiger partial charge is 0.383 e. The maximum Gasteiger partial charge on any atom is 0.269 e. The lowest BCUT2D eigenvalue weighted by molar-refractivity contribution is -0.384. The third-order valence-corrected chi connectivity index (χ3v) is 5.52. The monoisotopic (exact) mass is 406 g/mol. The third kappa shape index (κ3) is 3.69. The molecule has 0 aliphatic heterocycles. The summed E-state index contributed by atoms with van der Waals surface area (Å²) in [5.74, 6) is -0.354. The molecule has 1 atom stereocenters. The van der Waals surface area contributed by atoms with Crippen LogP contribution in [0, 0.1) is 10.1 Å². The molecular weight excluding hydrogens is 384 g/mol. The minimum absolute atomic E-state index is 0.0288. The zero-order chi connectivity index (χ0) is 21.3. The highest BCUT2D eigenvalue weighted by atomic mass is 16.6. The molecule has 0 spiro atoms. The fraction of sp³-hybridized carbons (Fsp3) is 0.273. The van der Waals surface area contributed by atoms with Crippen LogP contribution >= 0.6 is 0 Å². The van der Waals surface area contributed by atoms with E-state index in [9.17, 15) is 20.0 Å². The van der Waals surface area contributed by atoms with Crippen LogP contribution in [0.15, 0.2) is 54.7 Å². The first kappa shape index (κ1) is 19.8. The Morgan fingerprint density at radius 2 is 2.00 bits per heavy atom. The zero-order valence-electron chi connectivity index (χ0n) is 16.5. The molecule has 0 saturated heterocycles. The number of fused-ring (bicyclic) bond motifs is 1. The van der Waals surface area contributed by atoms with Crippen LogP contribution in [-0.2, 0) is 19.1 Å². The number of hydrogen-bond acceptors (Lipinski definition) is 5. The van der Waals surface area contributed by atoms with Gasteiger partial charge in [0.25, 0.3) is 11.6 Å². The molecule has 1 heterocycles. The summed E-state index contributed by atoms with van der Waals surface area (Å²) in [5, 5.41) is 29.3. The smallest absolute Gasteiger partial charge is 0.269 e. The van der Waals surface area contributed by atoms with Gasteiger partial charge in [0.15, 0.2) is 0 Å². The second kappa shape index (κ2) is 7.72. The number of nitro benzene ring substituents is 1. The maximum atomic E-state index is 12.9. The van der Waals surface area contributed by atoms with E-state index in [-0.39, 0.29) is 18.1 Å². The average Bonchev–Trinajstić information content (AvgIpc) is 3.14. The zero-order valence-corrected chi connectivity index (χ0v) is 16.5. The van der Waals surface area contributed by atoms with Crippen molar-refractivity contribution >= 4 is 11.6 Å². The van der Waals surface area contributed by atoms with Crippen molar-refractivity contribution in [3.63, 3.8) is 0 Å². The van der Waals surface area contributed by atoms with Crippen LogP contribution in [0.3, 0.4) is 0 Å². The Balaban J connectivity index is 1.56. The molecule has 1 unspecified atom stereocenters. The highest BCUT2D eigenvalue weighted by molar-refractivity contribution is 5.99. The molecule has 154 valence electrons. The number of aliphatic hydroxyl groups is 1. The lowest BCUT2D eigenvalue weighted by atomic mass is 9.79. The molecule has 1 aliphatic rings. The van der Waals surface area contributed by atoms with Gasteiger partial charge in [-0.3, -0.25) is 19.6 Å². The molecule has 30 heavy (non-hydrogen) atoms. The molecule has 0 saturated carbocycles. The number of nitrogens with zero attached hydrogens (tertiary/aromatic N) is 3. The van der Waals surface area contributed by atoms with Crippen molar-refractivity contribution < 1.29 is 14.8 Å². The van der Waals surface area contributed by atoms with Crippen LogP contribution < -0.4 is 5.32 Å². The summed E-state index contributed by atoms with van der Waals surface area (Å²) >= 11 is 0. The van der Waals surface area contributed by atoms with E-state index in [1.165, 1.54) is 16.8 Å². The van der Waals surface area contributed by atoms with Gasteiger partial charge < -0.3 is 10.4 Å². The normalized spacial score (nSPS) is 17.9. The molecule has 2 N–H and O–H groups in total. The molecule has 8 heteroatoms. The third-order valence-electron chi connectivity index (χ3n) is 5.52. The molecule has 2 aromatic carbocycles. The van der Waals surface area contributed by atoms with Crippen molar-refractivity contribution in [3.05, 3.63) is 81.5 Å². The molecule has 1 aliphatic carbocycles. The van der Waals surface area contributed by atoms with Crippen LogP contribution in [0.25, 0.3) is 11.3 Å². The Morgan fingerprint density at radius 1 is 1.27 bits per heavy atom. The molecule has 0 bridgehead atoms. The Kier molecular flexibility index (Phi) is 5.09. The predicted molar refractivity (Wildman–Crippen MR) is 111 cm³/mol. The number of rotatable bonds is 5. The van der Waals surface area contributed by atoms with Crippen LogP contribution in [0.1, 0.15) is 34.3 Å². The van der Waals surface area contributed by atoms with Gasteiger partial charge in [0, 0.05) is 30.9 Å². The van der Waals surface area contributed by atoms with Crippen LogP contribution in [0.5, 0.6) is 0 Å². The number of nitro groups is 1. The lowest BCUT2D eigenvalue weighted by Gasteiger charge is -2.34. The van der Waals surface area contributed by atoms with Crippen LogP contribution in [-0.4, -0.2) is 32.3 Å². The molecule has 8 nitrogen and oxygen atoms in total. The van der Waals surface area contributed by atoms with Gasteiger partial charge in [-0.2, -0.15) is 5.10 Å². The number of amides is 1. The van der Waals surface area contributed by atoms with E-state index in [4.69, 9.17) is 0 Å². The number of carbonyl (C=O) groups is 1. The van der Waals surface area contributed by atoms with Gasteiger partial charge in [-0.05, 0) is 42.5 Å². The van der Waals surface area contributed by atoms with E-state index in [0.717, 1.165) is 24.0 Å². The van der Waals surface area contributed by atoms with Crippen LogP contribution in [0.2, 0.25) is 0 Å². The van der Waals surface area contributed by atoms with Crippen molar-refractivity contribution in [2.24, 2.45) is 7.05 Å². The molecule has 0 radical (unpaired) electrons. The fourth-order valence-electron chi connectivity index (χ4n) is 4.01. The average molecular weight is 406 g/mol. The molecule has 1 aromatic heterocycles. The summed E-state index contributed by atoms with van der Waals surface area (Å²) in [6.07, 6.45) is 3.95. The van der Waals surface area contributed by atoms with Gasteiger partial charge in [0.1, 0.15) is 11.3 Å². The van der Waals surface area contributed by atoms with Crippen molar-refractivity contribution in [2.75, 3.05) is 6.54 Å². The summed E-state index contributed by atoms with van der Waals surface area (Å²) in [5.41, 5.74) is 2.21. The Hall–Kier alpha value is -3.52. The summed E-state index contributed by atoms with van der Waals surface area (Å²) < 4.78 is 1.52. The fourth-order valence-corrected chi connectivity index (χ4v) is 4.01. The highest BCUT2D eigenvalue weighted by Gasteiger charge is 2.34. The van der Waals surface area contributed by atoms with Crippen molar-refractivity contribution in [2.45, 2.75) is 24.9 Å². The number of aryl methyl sites for hydroxylation is 2. The van der Waals surface area contributed by atoms with E-state index in [1.54, 1.807) is 25.4 Å². The van der Waals surface area contributed by atoms with Crippen LogP contribution in [0.4, 0.5) is 5.69 Å². The lowest BCUT2D eigenvalue weighted by Crippen LogP contribution is -2.43. The number of carbonyl (C=O) groups excluding carboxylic acids is 1. The van der Waals surface area contributed by atoms with Gasteiger partial charge in [-0.15, -0.1) is 0 Å². The number of benzene rings is 2. The van der Waals surface area contributed by atoms with Crippen molar-refractivity contribution in [3.8, 4) is 11.3 Å². The standard InChI is InChI=1S/C22H22N4O4/c1-25-13-18(20(24-25)16-8-10-17(11-9-16)26(29)30)21(27)23-14-22(28)12-4-6-15-5-2-3-7-19(15)22/h2-3,5,7-11,13,28H,4,6,12,14H2,1H3,(H,23,27). The number of non-ortho nitro benzene ring substituents is 1. The summed E-state index contributed by atoms with van der Waals surface area (Å²) in [4.78, 5) is 23.3. The summed E-state index contributed by atoms with van der Waals surface area (Å²) in [7, 11) is 1.70. The minimum atomic E-state index is -1.11. The van der Waals surface area contributed by atoms with E-state index in [2.05, 4.69) is 10.4 Å². The highest BCUT2D eigenvalue weighted by Crippen LogP contribution is 2.35.